The minimum atomic E-state index is -0.779. The van der Waals surface area contributed by atoms with Crippen molar-refractivity contribution in [2.24, 2.45) is 0 Å². The number of phenols is 1. The highest BCUT2D eigenvalue weighted by Crippen LogP contribution is 2.37. The zero-order valence-electron chi connectivity index (χ0n) is 12.1. The minimum absolute atomic E-state index is 0.0427. The van der Waals surface area contributed by atoms with E-state index < -0.39 is 28.3 Å². The first-order valence-electron chi connectivity index (χ1n) is 6.39. The number of methoxy groups -OCH3 is 1. The van der Waals surface area contributed by atoms with Crippen LogP contribution in [-0.2, 0) is 4.79 Å². The Balaban J connectivity index is 2.45. The third-order valence-corrected chi connectivity index (χ3v) is 3.08. The topological polar surface area (TPSA) is 122 Å². The molecular weight excluding hydrogens is 306 g/mol. The maximum absolute atomic E-state index is 12.1. The standard InChI is InChI=1S/C14H13N3O6/c1-3-4-16-13(19)9(15-14(16)20)5-8-6-10(17(21)22)12(18)11(7-8)23-2/h3,5-7,18H,1,4H2,2H3,(H,15,20)/b9-5+. The molecule has 1 aromatic carbocycles. The average Bonchev–Trinajstić information content (AvgIpc) is 2.76. The zero-order chi connectivity index (χ0) is 17.1. The summed E-state index contributed by atoms with van der Waals surface area (Å²) in [5.41, 5.74) is -0.398. The zero-order valence-corrected chi connectivity index (χ0v) is 12.1. The van der Waals surface area contributed by atoms with Gasteiger partial charge >= 0.3 is 11.7 Å². The Hall–Kier alpha value is -3.36. The third kappa shape index (κ3) is 2.98. The van der Waals surface area contributed by atoms with Gasteiger partial charge in [-0.05, 0) is 17.7 Å². The van der Waals surface area contributed by atoms with Crippen molar-refractivity contribution in [3.63, 3.8) is 0 Å². The lowest BCUT2D eigenvalue weighted by Crippen LogP contribution is -2.30. The molecule has 0 aromatic heterocycles. The average molecular weight is 319 g/mol. The number of ether oxygens (including phenoxy) is 1. The van der Waals surface area contributed by atoms with Gasteiger partial charge in [-0.2, -0.15) is 0 Å². The molecule has 0 radical (unpaired) electrons. The Kier molecular flexibility index (Phi) is 4.30. The molecule has 1 heterocycles. The van der Waals surface area contributed by atoms with Crippen molar-refractivity contribution in [1.29, 1.82) is 0 Å². The molecule has 0 unspecified atom stereocenters. The molecule has 1 aromatic rings. The van der Waals surface area contributed by atoms with E-state index in [4.69, 9.17) is 4.74 Å². The van der Waals surface area contributed by atoms with E-state index in [1.807, 2.05) is 0 Å². The van der Waals surface area contributed by atoms with E-state index in [0.717, 1.165) is 11.0 Å². The molecule has 2 N–H and O–H groups in total. The normalized spacial score (nSPS) is 15.7. The fourth-order valence-corrected chi connectivity index (χ4v) is 2.03. The van der Waals surface area contributed by atoms with Crippen LogP contribution in [0.5, 0.6) is 11.5 Å². The summed E-state index contributed by atoms with van der Waals surface area (Å²) >= 11 is 0. The number of imide groups is 1. The highest BCUT2D eigenvalue weighted by molar-refractivity contribution is 6.14. The summed E-state index contributed by atoms with van der Waals surface area (Å²) in [5, 5.41) is 23.0. The van der Waals surface area contributed by atoms with Crippen molar-refractivity contribution in [1.82, 2.24) is 10.2 Å². The van der Waals surface area contributed by atoms with Gasteiger partial charge in [0.15, 0.2) is 5.75 Å². The van der Waals surface area contributed by atoms with Crippen LogP contribution in [0.25, 0.3) is 6.08 Å². The molecule has 23 heavy (non-hydrogen) atoms. The summed E-state index contributed by atoms with van der Waals surface area (Å²) in [5.74, 6) is -1.31. The number of nitrogens with one attached hydrogen (secondary N) is 1. The van der Waals surface area contributed by atoms with Crippen molar-refractivity contribution < 1.29 is 24.4 Å². The largest absolute Gasteiger partial charge is 0.500 e. The smallest absolute Gasteiger partial charge is 0.329 e. The number of carbonyl (C=O) groups excluding carboxylic acids is 2. The van der Waals surface area contributed by atoms with Gasteiger partial charge in [0.05, 0.1) is 12.0 Å². The summed E-state index contributed by atoms with van der Waals surface area (Å²) in [7, 11) is 1.24. The Morgan fingerprint density at radius 2 is 2.17 bits per heavy atom. The molecular formula is C14H13N3O6. The second kappa shape index (κ2) is 6.18. The van der Waals surface area contributed by atoms with E-state index in [-0.39, 0.29) is 23.6 Å². The number of nitrogens with zero attached hydrogens (tertiary/aromatic N) is 2. The number of benzene rings is 1. The van der Waals surface area contributed by atoms with Crippen molar-refractivity contribution >= 4 is 23.7 Å². The first-order chi connectivity index (χ1) is 10.9. The van der Waals surface area contributed by atoms with Gasteiger partial charge < -0.3 is 15.2 Å². The van der Waals surface area contributed by atoms with E-state index >= 15 is 0 Å². The summed E-state index contributed by atoms with van der Waals surface area (Å²) in [4.78, 5) is 34.8. The lowest BCUT2D eigenvalue weighted by atomic mass is 10.1. The van der Waals surface area contributed by atoms with Gasteiger partial charge in [0.1, 0.15) is 5.70 Å². The van der Waals surface area contributed by atoms with E-state index in [2.05, 4.69) is 11.9 Å². The van der Waals surface area contributed by atoms with Crippen molar-refractivity contribution in [3.8, 4) is 11.5 Å². The highest BCUT2D eigenvalue weighted by Gasteiger charge is 2.32. The van der Waals surface area contributed by atoms with Crippen LogP contribution >= 0.6 is 0 Å². The van der Waals surface area contributed by atoms with Crippen LogP contribution in [0, 0.1) is 10.1 Å². The number of urea groups is 1. The quantitative estimate of drug-likeness (QED) is 0.278. The summed E-state index contributed by atoms with van der Waals surface area (Å²) in [6, 6.07) is 1.77. The van der Waals surface area contributed by atoms with E-state index in [1.165, 1.54) is 25.3 Å². The molecule has 1 saturated heterocycles. The van der Waals surface area contributed by atoms with Gasteiger partial charge in [0.2, 0.25) is 5.75 Å². The Morgan fingerprint density at radius 1 is 1.48 bits per heavy atom. The number of hydrogen-bond donors (Lipinski definition) is 2. The first-order valence-corrected chi connectivity index (χ1v) is 6.39. The van der Waals surface area contributed by atoms with Gasteiger partial charge in [-0.15, -0.1) is 6.58 Å². The maximum atomic E-state index is 12.1. The fraction of sp³-hybridized carbons (Fsp3) is 0.143. The van der Waals surface area contributed by atoms with Crippen LogP contribution in [0.15, 0.2) is 30.5 Å². The van der Waals surface area contributed by atoms with Crippen LogP contribution in [-0.4, -0.2) is 40.5 Å². The Labute approximate surface area is 130 Å². The molecule has 1 aliphatic rings. The Bertz CT molecular complexity index is 740. The van der Waals surface area contributed by atoms with E-state index in [1.54, 1.807) is 0 Å². The molecule has 0 spiro atoms. The summed E-state index contributed by atoms with van der Waals surface area (Å²) in [6.45, 7) is 3.50. The summed E-state index contributed by atoms with van der Waals surface area (Å²) < 4.78 is 4.87. The molecule has 1 aliphatic heterocycles. The SMILES string of the molecule is C=CCN1C(=O)N/C(=C/c2cc(OC)c(O)c([N+](=O)[O-])c2)C1=O. The van der Waals surface area contributed by atoms with Crippen LogP contribution in [0.2, 0.25) is 0 Å². The number of hydrogen-bond acceptors (Lipinski definition) is 6. The number of aromatic hydroxyl groups is 1. The highest BCUT2D eigenvalue weighted by atomic mass is 16.6. The fourth-order valence-electron chi connectivity index (χ4n) is 2.03. The molecule has 3 amide bonds. The van der Waals surface area contributed by atoms with Crippen LogP contribution in [0.4, 0.5) is 10.5 Å². The van der Waals surface area contributed by atoms with Gasteiger partial charge in [-0.1, -0.05) is 6.08 Å². The van der Waals surface area contributed by atoms with Gasteiger partial charge in [0, 0.05) is 12.6 Å². The third-order valence-electron chi connectivity index (χ3n) is 3.08. The van der Waals surface area contributed by atoms with Crippen molar-refractivity contribution in [2.75, 3.05) is 13.7 Å². The second-order valence-corrected chi connectivity index (χ2v) is 4.54. The maximum Gasteiger partial charge on any atom is 0.329 e. The number of carbonyl (C=O) groups is 2. The molecule has 1 fully saturated rings. The Morgan fingerprint density at radius 3 is 2.74 bits per heavy atom. The van der Waals surface area contributed by atoms with E-state index in [9.17, 15) is 24.8 Å². The molecule has 2 rings (SSSR count). The van der Waals surface area contributed by atoms with Gasteiger partial charge in [-0.25, -0.2) is 4.79 Å². The minimum Gasteiger partial charge on any atom is -0.500 e. The molecule has 9 nitrogen and oxygen atoms in total. The second-order valence-electron chi connectivity index (χ2n) is 4.54. The lowest BCUT2D eigenvalue weighted by Gasteiger charge is -2.07. The number of nitro benzene ring substituents is 1. The molecule has 0 atom stereocenters. The van der Waals surface area contributed by atoms with Crippen molar-refractivity contribution in [3.05, 3.63) is 46.2 Å². The van der Waals surface area contributed by atoms with Crippen LogP contribution < -0.4 is 10.1 Å². The first kappa shape index (κ1) is 16.0. The van der Waals surface area contributed by atoms with Gasteiger partial charge in [0.25, 0.3) is 5.91 Å². The molecule has 0 aliphatic carbocycles. The number of rotatable bonds is 5. The molecule has 9 heteroatoms. The van der Waals surface area contributed by atoms with Crippen molar-refractivity contribution in [2.45, 2.75) is 0 Å². The lowest BCUT2D eigenvalue weighted by molar-refractivity contribution is -0.386. The van der Waals surface area contributed by atoms with E-state index in [0.29, 0.717) is 0 Å². The van der Waals surface area contributed by atoms with Gasteiger partial charge in [-0.3, -0.25) is 19.8 Å². The molecule has 0 saturated carbocycles. The number of nitro groups is 1. The van der Waals surface area contributed by atoms with Crippen LogP contribution in [0.3, 0.4) is 0 Å². The predicted octanol–water partition coefficient (Wildman–Crippen LogP) is 1.39. The monoisotopic (exact) mass is 319 g/mol. The molecule has 120 valence electrons. The predicted molar refractivity (Wildman–Crippen MR) is 79.7 cm³/mol. The number of phenolic OH excluding ortho intramolecular Hbond substituents is 1. The number of amides is 3. The summed E-state index contributed by atoms with van der Waals surface area (Å²) in [6.07, 6.45) is 2.66. The van der Waals surface area contributed by atoms with Crippen LogP contribution in [0.1, 0.15) is 5.56 Å². The molecule has 0 bridgehead atoms.